The molecule has 5 heteroatoms. The number of ether oxygens (including phenoxy) is 1. The van der Waals surface area contributed by atoms with Crippen molar-refractivity contribution in [2.24, 2.45) is 17.8 Å². The minimum Gasteiger partial charge on any atom is -0.497 e. The molecule has 0 radical (unpaired) electrons. The summed E-state index contributed by atoms with van der Waals surface area (Å²) in [5, 5.41) is 3.46. The lowest BCUT2D eigenvalue weighted by Crippen LogP contribution is -2.49. The average Bonchev–Trinajstić information content (AvgIpc) is 3.03. The van der Waals surface area contributed by atoms with Gasteiger partial charge in [-0.2, -0.15) is 0 Å². The second kappa shape index (κ2) is 6.13. The molecule has 1 aromatic rings. The number of hydrogen-bond donors (Lipinski definition) is 1. The summed E-state index contributed by atoms with van der Waals surface area (Å²) in [6.45, 7) is 7.30. The van der Waals surface area contributed by atoms with E-state index in [1.165, 1.54) is 19.6 Å². The van der Waals surface area contributed by atoms with Crippen molar-refractivity contribution in [3.8, 4) is 5.75 Å². The summed E-state index contributed by atoms with van der Waals surface area (Å²) in [4.78, 5) is 17.1. The molecule has 1 aromatic carbocycles. The van der Waals surface area contributed by atoms with Crippen LogP contribution in [0.4, 0.5) is 0 Å². The maximum absolute atomic E-state index is 12.6. The zero-order valence-corrected chi connectivity index (χ0v) is 13.7. The highest BCUT2D eigenvalue weighted by Crippen LogP contribution is 2.48. The van der Waals surface area contributed by atoms with E-state index >= 15 is 0 Å². The third-order valence-corrected chi connectivity index (χ3v) is 5.71. The highest BCUT2D eigenvalue weighted by Gasteiger charge is 2.52. The fourth-order valence-corrected chi connectivity index (χ4v) is 4.19. The fourth-order valence-electron chi connectivity index (χ4n) is 4.19. The first kappa shape index (κ1) is 15.0. The molecule has 2 heterocycles. The third-order valence-electron chi connectivity index (χ3n) is 5.71. The molecular formula is C18H25N3O2. The average molecular weight is 315 g/mol. The van der Waals surface area contributed by atoms with Gasteiger partial charge in [0, 0.05) is 38.3 Å². The van der Waals surface area contributed by atoms with Gasteiger partial charge in [0.2, 0.25) is 0 Å². The Balaban J connectivity index is 1.29. The molecule has 1 N–H and O–H groups in total. The van der Waals surface area contributed by atoms with Gasteiger partial charge in [-0.15, -0.1) is 0 Å². The molecule has 5 nitrogen and oxygen atoms in total. The number of hydrogen-bond acceptors (Lipinski definition) is 4. The number of methoxy groups -OCH3 is 1. The predicted molar refractivity (Wildman–Crippen MR) is 88.7 cm³/mol. The number of amides is 1. The largest absolute Gasteiger partial charge is 0.497 e. The Morgan fingerprint density at radius 1 is 1.22 bits per heavy atom. The van der Waals surface area contributed by atoms with E-state index in [9.17, 15) is 4.79 Å². The van der Waals surface area contributed by atoms with Crippen molar-refractivity contribution in [2.45, 2.75) is 0 Å². The van der Waals surface area contributed by atoms with Gasteiger partial charge < -0.3 is 15.0 Å². The number of carbonyl (C=O) groups is 1. The van der Waals surface area contributed by atoms with Crippen molar-refractivity contribution < 1.29 is 9.53 Å². The standard InChI is InChI=1S/C18H25N3O2/c1-23-14-4-2-3-13(9-14)18(22)21-7-5-20(6-8-21)12-17-15-10-19-11-16(15)17/h2-4,9,15-17,19H,5-8,10-12H2,1H3/t15-,16+,17?. The van der Waals surface area contributed by atoms with Crippen LogP contribution in [0.15, 0.2) is 24.3 Å². The first-order valence-corrected chi connectivity index (χ1v) is 8.62. The number of fused-ring (bicyclic) bond motifs is 1. The van der Waals surface area contributed by atoms with Gasteiger partial charge in [-0.05, 0) is 49.0 Å². The number of nitrogens with one attached hydrogen (secondary N) is 1. The van der Waals surface area contributed by atoms with Crippen LogP contribution in [-0.2, 0) is 0 Å². The minimum absolute atomic E-state index is 0.121. The normalized spacial score (nSPS) is 30.1. The van der Waals surface area contributed by atoms with Gasteiger partial charge in [-0.3, -0.25) is 9.69 Å². The van der Waals surface area contributed by atoms with Gasteiger partial charge in [0.25, 0.3) is 5.91 Å². The van der Waals surface area contributed by atoms with E-state index < -0.39 is 0 Å². The summed E-state index contributed by atoms with van der Waals surface area (Å²) in [5.74, 6) is 3.61. The summed E-state index contributed by atoms with van der Waals surface area (Å²) in [5.41, 5.74) is 0.723. The van der Waals surface area contributed by atoms with E-state index in [1.54, 1.807) is 7.11 Å². The van der Waals surface area contributed by atoms with Crippen molar-refractivity contribution in [3.63, 3.8) is 0 Å². The summed E-state index contributed by atoms with van der Waals surface area (Å²) >= 11 is 0. The van der Waals surface area contributed by atoms with Gasteiger partial charge in [-0.1, -0.05) is 6.07 Å². The van der Waals surface area contributed by atoms with Gasteiger partial charge in [-0.25, -0.2) is 0 Å². The molecule has 3 atom stereocenters. The van der Waals surface area contributed by atoms with Gasteiger partial charge in [0.1, 0.15) is 5.75 Å². The Morgan fingerprint density at radius 3 is 2.65 bits per heavy atom. The molecule has 1 unspecified atom stereocenters. The molecule has 124 valence electrons. The van der Waals surface area contributed by atoms with Crippen LogP contribution in [0.2, 0.25) is 0 Å². The summed E-state index contributed by atoms with van der Waals surface area (Å²) < 4.78 is 5.21. The Bertz CT molecular complexity index is 573. The monoisotopic (exact) mass is 315 g/mol. The number of piperidine rings is 1. The van der Waals surface area contributed by atoms with E-state index in [0.717, 1.165) is 55.2 Å². The van der Waals surface area contributed by atoms with Crippen LogP contribution in [-0.4, -0.2) is 68.6 Å². The molecule has 2 aliphatic heterocycles. The van der Waals surface area contributed by atoms with Crippen LogP contribution >= 0.6 is 0 Å². The first-order chi connectivity index (χ1) is 11.3. The molecule has 23 heavy (non-hydrogen) atoms. The van der Waals surface area contributed by atoms with E-state index in [4.69, 9.17) is 4.74 Å². The second-order valence-corrected chi connectivity index (χ2v) is 6.97. The molecule has 0 aromatic heterocycles. The van der Waals surface area contributed by atoms with Crippen LogP contribution in [0, 0.1) is 17.8 Å². The van der Waals surface area contributed by atoms with Crippen LogP contribution in [0.1, 0.15) is 10.4 Å². The Morgan fingerprint density at radius 2 is 1.96 bits per heavy atom. The van der Waals surface area contributed by atoms with E-state index in [2.05, 4.69) is 10.2 Å². The van der Waals surface area contributed by atoms with Crippen LogP contribution in [0.25, 0.3) is 0 Å². The van der Waals surface area contributed by atoms with Crippen LogP contribution < -0.4 is 10.1 Å². The van der Waals surface area contributed by atoms with Crippen molar-refractivity contribution >= 4 is 5.91 Å². The van der Waals surface area contributed by atoms with Crippen molar-refractivity contribution in [1.29, 1.82) is 0 Å². The molecular weight excluding hydrogens is 290 g/mol. The topological polar surface area (TPSA) is 44.8 Å². The molecule has 1 amide bonds. The molecule has 4 rings (SSSR count). The van der Waals surface area contributed by atoms with Crippen molar-refractivity contribution in [2.75, 3.05) is 52.9 Å². The second-order valence-electron chi connectivity index (χ2n) is 6.97. The number of carbonyl (C=O) groups excluding carboxylic acids is 1. The maximum atomic E-state index is 12.6. The van der Waals surface area contributed by atoms with E-state index in [-0.39, 0.29) is 5.91 Å². The minimum atomic E-state index is 0.121. The summed E-state index contributed by atoms with van der Waals surface area (Å²) in [7, 11) is 1.63. The van der Waals surface area contributed by atoms with Crippen molar-refractivity contribution in [1.82, 2.24) is 15.1 Å². The quantitative estimate of drug-likeness (QED) is 0.897. The number of piperazine rings is 1. The van der Waals surface area contributed by atoms with E-state index in [1.807, 2.05) is 29.2 Å². The highest BCUT2D eigenvalue weighted by atomic mass is 16.5. The molecule has 0 bridgehead atoms. The number of benzene rings is 1. The van der Waals surface area contributed by atoms with Gasteiger partial charge in [0.15, 0.2) is 0 Å². The molecule has 1 saturated carbocycles. The molecule has 1 aliphatic carbocycles. The lowest BCUT2D eigenvalue weighted by atomic mass is 10.1. The predicted octanol–water partition coefficient (Wildman–Crippen LogP) is 0.918. The zero-order valence-electron chi connectivity index (χ0n) is 13.7. The molecule has 2 saturated heterocycles. The third kappa shape index (κ3) is 2.95. The fraction of sp³-hybridized carbons (Fsp3) is 0.611. The van der Waals surface area contributed by atoms with Crippen molar-refractivity contribution in [3.05, 3.63) is 29.8 Å². The Kier molecular flexibility index (Phi) is 3.99. The lowest BCUT2D eigenvalue weighted by molar-refractivity contribution is 0.0627. The van der Waals surface area contributed by atoms with Crippen LogP contribution in [0.5, 0.6) is 5.75 Å². The van der Waals surface area contributed by atoms with Gasteiger partial charge >= 0.3 is 0 Å². The highest BCUT2D eigenvalue weighted by molar-refractivity contribution is 5.94. The first-order valence-electron chi connectivity index (χ1n) is 8.62. The van der Waals surface area contributed by atoms with Crippen LogP contribution in [0.3, 0.4) is 0 Å². The Labute approximate surface area is 137 Å². The molecule has 3 fully saturated rings. The molecule has 0 spiro atoms. The molecule has 3 aliphatic rings. The SMILES string of the molecule is COc1cccc(C(=O)N2CCN(CC3[C@H]4CNC[C@@H]34)CC2)c1. The van der Waals surface area contributed by atoms with E-state index in [0.29, 0.717) is 0 Å². The summed E-state index contributed by atoms with van der Waals surface area (Å²) in [6.07, 6.45) is 0. The maximum Gasteiger partial charge on any atom is 0.254 e. The number of rotatable bonds is 4. The Hall–Kier alpha value is -1.59. The summed E-state index contributed by atoms with van der Waals surface area (Å²) in [6, 6.07) is 7.45. The smallest absolute Gasteiger partial charge is 0.254 e. The van der Waals surface area contributed by atoms with Gasteiger partial charge in [0.05, 0.1) is 7.11 Å². The lowest BCUT2D eigenvalue weighted by Gasteiger charge is -2.35. The number of nitrogens with zero attached hydrogens (tertiary/aromatic N) is 2. The zero-order chi connectivity index (χ0) is 15.8.